The summed E-state index contributed by atoms with van der Waals surface area (Å²) < 4.78 is 5.12. The monoisotopic (exact) mass is 436 g/mol. The summed E-state index contributed by atoms with van der Waals surface area (Å²) >= 11 is 1.23. The lowest BCUT2D eigenvalue weighted by molar-refractivity contribution is -0.139. The van der Waals surface area contributed by atoms with Crippen molar-refractivity contribution >= 4 is 46.4 Å². The van der Waals surface area contributed by atoms with Gasteiger partial charge in [0.15, 0.2) is 17.6 Å². The smallest absolute Gasteiger partial charge is 0.341 e. The number of carbonyl (C=O) groups is 3. The number of ether oxygens (including phenoxy) is 1. The second kappa shape index (κ2) is 9.90. The molecule has 8 heteroatoms. The fourth-order valence-corrected chi connectivity index (χ4v) is 3.75. The molecule has 0 saturated carbocycles. The van der Waals surface area contributed by atoms with Gasteiger partial charge in [0.05, 0.1) is 10.6 Å². The van der Waals surface area contributed by atoms with E-state index in [1.807, 2.05) is 0 Å². The predicted octanol–water partition coefficient (Wildman–Crippen LogP) is 4.14. The molecular weight excluding hydrogens is 416 g/mol. The number of aliphatic carboxylic acids is 1. The first kappa shape index (κ1) is 22.0. The number of thioether (sulfide) groups is 1. The molecule has 1 saturated heterocycles. The van der Waals surface area contributed by atoms with Crippen LogP contribution < -0.4 is 4.74 Å². The molecule has 2 aromatic rings. The highest BCUT2D eigenvalue weighted by Crippen LogP contribution is 2.34. The molecule has 1 aliphatic rings. The van der Waals surface area contributed by atoms with E-state index in [1.165, 1.54) is 23.6 Å². The summed E-state index contributed by atoms with van der Waals surface area (Å²) in [5.74, 6) is -0.882. The van der Waals surface area contributed by atoms with Crippen LogP contribution in [0.25, 0.3) is 6.08 Å². The second-order valence-electron chi connectivity index (χ2n) is 6.57. The third kappa shape index (κ3) is 5.70. The molecule has 0 aliphatic carbocycles. The molecule has 0 bridgehead atoms. The van der Waals surface area contributed by atoms with Gasteiger partial charge in [0.25, 0.3) is 5.91 Å². The van der Waals surface area contributed by atoms with E-state index >= 15 is 0 Å². The van der Waals surface area contributed by atoms with Crippen molar-refractivity contribution in [2.75, 3.05) is 13.2 Å². The van der Waals surface area contributed by atoms with Crippen molar-refractivity contribution in [2.45, 2.75) is 6.92 Å². The first-order valence-electron chi connectivity index (χ1n) is 9.34. The maximum atomic E-state index is 12.9. The van der Waals surface area contributed by atoms with Gasteiger partial charge in [0.1, 0.15) is 5.75 Å². The van der Waals surface area contributed by atoms with Crippen molar-refractivity contribution < 1.29 is 24.2 Å². The SMILES string of the molecule is C=CCN1C(=O)/C(=C/c2ccc(OCC(=O)O)cc2)SC1=Nc1cccc(C(C)=O)c1. The molecule has 1 N–H and O–H groups in total. The molecule has 31 heavy (non-hydrogen) atoms. The Hall–Kier alpha value is -3.65. The third-order valence-corrected chi connectivity index (χ3v) is 5.22. The number of ketones is 1. The van der Waals surface area contributed by atoms with Crippen molar-refractivity contribution in [3.05, 3.63) is 77.2 Å². The number of hydrogen-bond acceptors (Lipinski definition) is 6. The van der Waals surface area contributed by atoms with Gasteiger partial charge in [-0.2, -0.15) is 0 Å². The number of carboxylic acids is 1. The molecule has 1 heterocycles. The van der Waals surface area contributed by atoms with Crippen LogP contribution in [0, 0.1) is 0 Å². The zero-order valence-corrected chi connectivity index (χ0v) is 17.6. The lowest BCUT2D eigenvalue weighted by Crippen LogP contribution is -2.29. The first-order valence-corrected chi connectivity index (χ1v) is 10.2. The number of amidine groups is 1. The summed E-state index contributed by atoms with van der Waals surface area (Å²) in [6.45, 7) is 5.08. The number of rotatable bonds is 8. The number of carboxylic acid groups (broad SMARTS) is 1. The van der Waals surface area contributed by atoms with Crippen molar-refractivity contribution in [2.24, 2.45) is 4.99 Å². The molecule has 1 amide bonds. The Bertz CT molecular complexity index is 1090. The van der Waals surface area contributed by atoms with Crippen molar-refractivity contribution in [3.8, 4) is 5.75 Å². The highest BCUT2D eigenvalue weighted by molar-refractivity contribution is 8.18. The van der Waals surface area contributed by atoms with Crippen LogP contribution >= 0.6 is 11.8 Å². The molecule has 3 rings (SSSR count). The fraction of sp³-hybridized carbons (Fsp3) is 0.130. The summed E-state index contributed by atoms with van der Waals surface area (Å²) in [6.07, 6.45) is 3.36. The van der Waals surface area contributed by atoms with Crippen LogP contribution in [-0.2, 0) is 9.59 Å². The van der Waals surface area contributed by atoms with Crippen LogP contribution in [0.5, 0.6) is 5.75 Å². The van der Waals surface area contributed by atoms with Gasteiger partial charge >= 0.3 is 5.97 Å². The average Bonchev–Trinajstić information content (AvgIpc) is 3.02. The van der Waals surface area contributed by atoms with E-state index in [-0.39, 0.29) is 11.7 Å². The number of amides is 1. The Morgan fingerprint density at radius 2 is 1.97 bits per heavy atom. The van der Waals surface area contributed by atoms with Crippen LogP contribution in [-0.4, -0.2) is 46.0 Å². The predicted molar refractivity (Wildman–Crippen MR) is 121 cm³/mol. The Labute approximate surface area is 183 Å². The van der Waals surface area contributed by atoms with E-state index in [9.17, 15) is 14.4 Å². The van der Waals surface area contributed by atoms with E-state index in [1.54, 1.807) is 60.7 Å². The Morgan fingerprint density at radius 1 is 1.23 bits per heavy atom. The van der Waals surface area contributed by atoms with Gasteiger partial charge in [-0.3, -0.25) is 14.5 Å². The number of nitrogens with zero attached hydrogens (tertiary/aromatic N) is 2. The second-order valence-corrected chi connectivity index (χ2v) is 7.58. The summed E-state index contributed by atoms with van der Waals surface area (Å²) in [5.41, 5.74) is 1.89. The van der Waals surface area contributed by atoms with Crippen LogP contribution in [0.3, 0.4) is 0 Å². The summed E-state index contributed by atoms with van der Waals surface area (Å²) in [6, 6.07) is 13.7. The fourth-order valence-electron chi connectivity index (χ4n) is 2.74. The quantitative estimate of drug-likeness (QED) is 0.380. The maximum absolute atomic E-state index is 12.9. The summed E-state index contributed by atoms with van der Waals surface area (Å²) in [4.78, 5) is 41.7. The molecule has 1 fully saturated rings. The number of carbonyl (C=O) groups excluding carboxylic acids is 2. The van der Waals surface area contributed by atoms with Gasteiger partial charge in [-0.05, 0) is 54.6 Å². The molecular formula is C23H20N2O5S. The molecule has 2 aromatic carbocycles. The van der Waals surface area contributed by atoms with Gasteiger partial charge in [0.2, 0.25) is 0 Å². The highest BCUT2D eigenvalue weighted by atomic mass is 32.2. The third-order valence-electron chi connectivity index (χ3n) is 4.22. The van der Waals surface area contributed by atoms with Gasteiger partial charge in [0, 0.05) is 12.1 Å². The largest absolute Gasteiger partial charge is 0.482 e. The average molecular weight is 436 g/mol. The van der Waals surface area contributed by atoms with E-state index in [2.05, 4.69) is 11.6 Å². The number of aliphatic imine (C=N–C) groups is 1. The zero-order chi connectivity index (χ0) is 22.4. The van der Waals surface area contributed by atoms with E-state index in [0.29, 0.717) is 33.6 Å². The minimum absolute atomic E-state index is 0.0588. The van der Waals surface area contributed by atoms with Crippen molar-refractivity contribution in [1.82, 2.24) is 4.90 Å². The molecule has 158 valence electrons. The van der Waals surface area contributed by atoms with E-state index < -0.39 is 12.6 Å². The van der Waals surface area contributed by atoms with Crippen LogP contribution in [0.15, 0.2) is 71.1 Å². The summed E-state index contributed by atoms with van der Waals surface area (Å²) in [7, 11) is 0. The molecule has 7 nitrogen and oxygen atoms in total. The zero-order valence-electron chi connectivity index (χ0n) is 16.8. The maximum Gasteiger partial charge on any atom is 0.341 e. The topological polar surface area (TPSA) is 96.3 Å². The summed E-state index contributed by atoms with van der Waals surface area (Å²) in [5, 5.41) is 9.17. The standard InChI is InChI=1S/C23H20N2O5S/c1-3-11-25-22(29)20(12-16-7-9-19(10-8-16)30-14-21(27)28)31-23(25)24-18-6-4-5-17(13-18)15(2)26/h3-10,12-13H,1,11,14H2,2H3,(H,27,28)/b20-12-,24-23?. The first-order chi connectivity index (χ1) is 14.9. The Balaban J connectivity index is 1.85. The Kier molecular flexibility index (Phi) is 7.04. The minimum atomic E-state index is -1.05. The number of benzene rings is 2. The van der Waals surface area contributed by atoms with Crippen LogP contribution in [0.4, 0.5) is 5.69 Å². The van der Waals surface area contributed by atoms with Crippen molar-refractivity contribution in [1.29, 1.82) is 0 Å². The lowest BCUT2D eigenvalue weighted by atomic mass is 10.1. The van der Waals surface area contributed by atoms with E-state index in [0.717, 1.165) is 5.56 Å². The van der Waals surface area contributed by atoms with E-state index in [4.69, 9.17) is 9.84 Å². The van der Waals surface area contributed by atoms with Crippen LogP contribution in [0.2, 0.25) is 0 Å². The Morgan fingerprint density at radius 3 is 2.61 bits per heavy atom. The molecule has 0 radical (unpaired) electrons. The van der Waals surface area contributed by atoms with Gasteiger partial charge in [-0.25, -0.2) is 9.79 Å². The van der Waals surface area contributed by atoms with Gasteiger partial charge < -0.3 is 9.84 Å². The normalized spacial score (nSPS) is 16.0. The van der Waals surface area contributed by atoms with Crippen molar-refractivity contribution in [3.63, 3.8) is 0 Å². The lowest BCUT2D eigenvalue weighted by Gasteiger charge is -2.12. The molecule has 0 spiro atoms. The molecule has 0 unspecified atom stereocenters. The minimum Gasteiger partial charge on any atom is -0.482 e. The van der Waals surface area contributed by atoms with Gasteiger partial charge in [-0.15, -0.1) is 6.58 Å². The number of hydrogen-bond donors (Lipinski definition) is 1. The van der Waals surface area contributed by atoms with Gasteiger partial charge in [-0.1, -0.05) is 30.3 Å². The number of Topliss-reactive ketones (excluding diaryl/α,β-unsaturated/α-hetero) is 1. The van der Waals surface area contributed by atoms with Crippen LogP contribution in [0.1, 0.15) is 22.8 Å². The molecule has 0 atom stereocenters. The highest BCUT2D eigenvalue weighted by Gasteiger charge is 2.32. The molecule has 0 aromatic heterocycles. The molecule has 1 aliphatic heterocycles.